The smallest absolute Gasteiger partial charge is 0.315 e. The number of hydrogen-bond acceptors (Lipinski definition) is 3. The minimum atomic E-state index is -0.937. The van der Waals surface area contributed by atoms with Gasteiger partial charge in [-0.05, 0) is 31.1 Å². The van der Waals surface area contributed by atoms with Crippen LogP contribution in [0.3, 0.4) is 0 Å². The number of carboxylic acids is 1. The number of carbonyl (C=O) groups excluding carboxylic acids is 1. The van der Waals surface area contributed by atoms with Crippen molar-refractivity contribution in [2.24, 2.45) is 5.41 Å². The molecule has 1 aliphatic carbocycles. The maximum atomic E-state index is 11.8. The van der Waals surface area contributed by atoms with Crippen LogP contribution in [0.25, 0.3) is 0 Å². The maximum absolute atomic E-state index is 11.8. The van der Waals surface area contributed by atoms with Crippen LogP contribution < -0.4 is 10.6 Å². The Kier molecular flexibility index (Phi) is 6.26. The molecule has 0 aromatic rings. The van der Waals surface area contributed by atoms with Crippen LogP contribution in [0, 0.1) is 5.41 Å². The molecule has 1 rings (SSSR count). The molecular formula is C14H26N2O4. The first kappa shape index (κ1) is 16.8. The van der Waals surface area contributed by atoms with Crippen LogP contribution in [0.15, 0.2) is 0 Å². The molecule has 2 amide bonds. The standard InChI is InChI=1S/C14H26N2O4/c1-14(2)6-4-10(5-7-14)16-13(19)15-9-11(20-3)8-12(17)18/h10-11H,4-9H2,1-3H3,(H,17,18)(H2,15,16,19). The molecule has 0 bridgehead atoms. The highest BCUT2D eigenvalue weighted by Crippen LogP contribution is 2.34. The number of urea groups is 1. The fraction of sp³-hybridized carbons (Fsp3) is 0.857. The van der Waals surface area contributed by atoms with Gasteiger partial charge in [0.15, 0.2) is 0 Å². The van der Waals surface area contributed by atoms with Crippen molar-refractivity contribution in [3.8, 4) is 0 Å². The Labute approximate surface area is 120 Å². The van der Waals surface area contributed by atoms with E-state index >= 15 is 0 Å². The lowest BCUT2D eigenvalue weighted by Crippen LogP contribution is -2.46. The van der Waals surface area contributed by atoms with Crippen molar-refractivity contribution in [3.63, 3.8) is 0 Å². The van der Waals surface area contributed by atoms with Crippen molar-refractivity contribution in [1.29, 1.82) is 0 Å². The Morgan fingerprint density at radius 1 is 1.35 bits per heavy atom. The lowest BCUT2D eigenvalue weighted by atomic mass is 9.76. The van der Waals surface area contributed by atoms with E-state index in [1.54, 1.807) is 0 Å². The van der Waals surface area contributed by atoms with Crippen LogP contribution in [0.5, 0.6) is 0 Å². The number of aliphatic carboxylic acids is 1. The number of amides is 2. The summed E-state index contributed by atoms with van der Waals surface area (Å²) in [6, 6.07) is -0.0364. The molecule has 116 valence electrons. The number of carbonyl (C=O) groups is 2. The summed E-state index contributed by atoms with van der Waals surface area (Å²) in [5, 5.41) is 14.3. The van der Waals surface area contributed by atoms with Gasteiger partial charge >= 0.3 is 12.0 Å². The fourth-order valence-electron chi connectivity index (χ4n) is 2.42. The molecule has 0 aliphatic heterocycles. The van der Waals surface area contributed by atoms with Crippen molar-refractivity contribution >= 4 is 12.0 Å². The SMILES string of the molecule is COC(CNC(=O)NC1CCC(C)(C)CC1)CC(=O)O. The normalized spacial score (nSPS) is 20.1. The van der Waals surface area contributed by atoms with Gasteiger partial charge in [0.05, 0.1) is 12.5 Å². The lowest BCUT2D eigenvalue weighted by Gasteiger charge is -2.34. The van der Waals surface area contributed by atoms with E-state index in [1.165, 1.54) is 7.11 Å². The molecule has 0 radical (unpaired) electrons. The number of methoxy groups -OCH3 is 1. The van der Waals surface area contributed by atoms with Gasteiger partial charge in [-0.2, -0.15) is 0 Å². The summed E-state index contributed by atoms with van der Waals surface area (Å²) >= 11 is 0. The van der Waals surface area contributed by atoms with Gasteiger partial charge < -0.3 is 20.5 Å². The van der Waals surface area contributed by atoms with Crippen LogP contribution in [0.4, 0.5) is 4.79 Å². The first-order valence-corrected chi connectivity index (χ1v) is 7.11. The zero-order valence-electron chi connectivity index (χ0n) is 12.6. The van der Waals surface area contributed by atoms with E-state index in [4.69, 9.17) is 9.84 Å². The molecule has 0 spiro atoms. The maximum Gasteiger partial charge on any atom is 0.315 e. The molecule has 1 unspecified atom stereocenters. The summed E-state index contributed by atoms with van der Waals surface area (Å²) in [5.74, 6) is -0.937. The zero-order chi connectivity index (χ0) is 15.2. The minimum absolute atomic E-state index is 0.117. The Hall–Kier alpha value is -1.30. The Morgan fingerprint density at radius 3 is 2.45 bits per heavy atom. The molecule has 1 atom stereocenters. The van der Waals surface area contributed by atoms with E-state index in [0.717, 1.165) is 25.7 Å². The number of carboxylic acid groups (broad SMARTS) is 1. The predicted octanol–water partition coefficient (Wildman–Crippen LogP) is 1.74. The average molecular weight is 286 g/mol. The van der Waals surface area contributed by atoms with Gasteiger partial charge in [-0.3, -0.25) is 4.79 Å². The van der Waals surface area contributed by atoms with Gasteiger partial charge in [0.25, 0.3) is 0 Å². The molecule has 0 aromatic heterocycles. The van der Waals surface area contributed by atoms with Gasteiger partial charge in [-0.25, -0.2) is 4.79 Å². The summed E-state index contributed by atoms with van der Waals surface area (Å²) in [5.41, 5.74) is 0.372. The highest BCUT2D eigenvalue weighted by atomic mass is 16.5. The van der Waals surface area contributed by atoms with E-state index in [1.807, 2.05) is 0 Å². The molecule has 1 fully saturated rings. The highest BCUT2D eigenvalue weighted by molar-refractivity contribution is 5.74. The van der Waals surface area contributed by atoms with Crippen LogP contribution in [-0.4, -0.2) is 42.9 Å². The van der Waals surface area contributed by atoms with Crippen molar-refractivity contribution in [1.82, 2.24) is 10.6 Å². The van der Waals surface area contributed by atoms with Gasteiger partial charge in [-0.15, -0.1) is 0 Å². The second-order valence-corrected chi connectivity index (χ2v) is 6.25. The fourth-order valence-corrected chi connectivity index (χ4v) is 2.42. The lowest BCUT2D eigenvalue weighted by molar-refractivity contribution is -0.139. The summed E-state index contributed by atoms with van der Waals surface area (Å²) in [4.78, 5) is 22.3. The summed E-state index contributed by atoms with van der Waals surface area (Å²) in [6.45, 7) is 4.70. The van der Waals surface area contributed by atoms with Gasteiger partial charge in [0.2, 0.25) is 0 Å². The molecule has 1 saturated carbocycles. The van der Waals surface area contributed by atoms with E-state index < -0.39 is 12.1 Å². The van der Waals surface area contributed by atoms with E-state index in [0.29, 0.717) is 5.41 Å². The van der Waals surface area contributed by atoms with E-state index in [-0.39, 0.29) is 25.0 Å². The first-order chi connectivity index (χ1) is 9.32. The molecule has 0 heterocycles. The third-order valence-corrected chi connectivity index (χ3v) is 3.90. The molecule has 0 aromatic carbocycles. The minimum Gasteiger partial charge on any atom is -0.481 e. The summed E-state index contributed by atoms with van der Waals surface area (Å²) in [7, 11) is 1.44. The number of hydrogen-bond donors (Lipinski definition) is 3. The monoisotopic (exact) mass is 286 g/mol. The van der Waals surface area contributed by atoms with Crippen molar-refractivity contribution in [3.05, 3.63) is 0 Å². The number of nitrogens with one attached hydrogen (secondary N) is 2. The first-order valence-electron chi connectivity index (χ1n) is 7.11. The van der Waals surface area contributed by atoms with Gasteiger partial charge in [0, 0.05) is 19.7 Å². The largest absolute Gasteiger partial charge is 0.481 e. The number of ether oxygens (including phenoxy) is 1. The molecule has 0 saturated heterocycles. The third kappa shape index (κ3) is 6.23. The van der Waals surface area contributed by atoms with Crippen LogP contribution in [-0.2, 0) is 9.53 Å². The molecule has 1 aliphatic rings. The average Bonchev–Trinajstić information content (AvgIpc) is 2.36. The Morgan fingerprint density at radius 2 is 1.95 bits per heavy atom. The Balaban J connectivity index is 2.25. The van der Waals surface area contributed by atoms with Crippen LogP contribution in [0.1, 0.15) is 46.0 Å². The highest BCUT2D eigenvalue weighted by Gasteiger charge is 2.27. The second kappa shape index (κ2) is 7.47. The summed E-state index contributed by atoms with van der Waals surface area (Å²) in [6.07, 6.45) is 3.58. The third-order valence-electron chi connectivity index (χ3n) is 3.90. The van der Waals surface area contributed by atoms with E-state index in [9.17, 15) is 9.59 Å². The van der Waals surface area contributed by atoms with Gasteiger partial charge in [0.1, 0.15) is 0 Å². The van der Waals surface area contributed by atoms with E-state index in [2.05, 4.69) is 24.5 Å². The quantitative estimate of drug-likeness (QED) is 0.694. The summed E-state index contributed by atoms with van der Waals surface area (Å²) < 4.78 is 5.01. The molecule has 20 heavy (non-hydrogen) atoms. The van der Waals surface area contributed by atoms with Crippen molar-refractivity contribution < 1.29 is 19.4 Å². The Bertz CT molecular complexity index is 334. The van der Waals surface area contributed by atoms with Crippen LogP contribution in [0.2, 0.25) is 0 Å². The van der Waals surface area contributed by atoms with Crippen molar-refractivity contribution in [2.75, 3.05) is 13.7 Å². The second-order valence-electron chi connectivity index (χ2n) is 6.25. The molecule has 6 heteroatoms. The topological polar surface area (TPSA) is 87.7 Å². The van der Waals surface area contributed by atoms with Crippen LogP contribution >= 0.6 is 0 Å². The van der Waals surface area contributed by atoms with Gasteiger partial charge in [-0.1, -0.05) is 13.8 Å². The number of rotatable bonds is 6. The molecular weight excluding hydrogens is 260 g/mol. The molecule has 3 N–H and O–H groups in total. The predicted molar refractivity (Wildman–Crippen MR) is 75.6 cm³/mol. The van der Waals surface area contributed by atoms with Crippen molar-refractivity contribution in [2.45, 2.75) is 58.1 Å². The molecule has 6 nitrogen and oxygen atoms in total. The zero-order valence-corrected chi connectivity index (χ0v) is 12.6.